The summed E-state index contributed by atoms with van der Waals surface area (Å²) in [4.78, 5) is 22.5. The van der Waals surface area contributed by atoms with Crippen LogP contribution in [0.15, 0.2) is 23.1 Å². The van der Waals surface area contributed by atoms with Gasteiger partial charge in [-0.3, -0.25) is 9.59 Å². The lowest BCUT2D eigenvalue weighted by Gasteiger charge is -2.09. The molecule has 1 atom stereocenters. The molecule has 16 heavy (non-hydrogen) atoms. The van der Waals surface area contributed by atoms with Crippen LogP contribution >= 0.6 is 12.4 Å². The highest BCUT2D eigenvalue weighted by Gasteiger charge is 2.07. The third-order valence-electron chi connectivity index (χ3n) is 2.01. The van der Waals surface area contributed by atoms with Gasteiger partial charge in [0.2, 0.25) is 5.91 Å². The van der Waals surface area contributed by atoms with E-state index < -0.39 is 6.04 Å². The monoisotopic (exact) mass is 245 g/mol. The molecule has 90 valence electrons. The Morgan fingerprint density at radius 3 is 2.69 bits per heavy atom. The second-order valence-corrected chi connectivity index (χ2v) is 3.32. The van der Waals surface area contributed by atoms with E-state index in [1.807, 2.05) is 6.92 Å². The molecule has 1 rings (SSSR count). The molecule has 5 nitrogen and oxygen atoms in total. The number of amides is 1. The van der Waals surface area contributed by atoms with E-state index in [0.29, 0.717) is 12.2 Å². The number of rotatable bonds is 3. The minimum atomic E-state index is -0.563. The molecule has 1 aromatic heterocycles. The van der Waals surface area contributed by atoms with Gasteiger partial charge < -0.3 is 15.6 Å². The van der Waals surface area contributed by atoms with Crippen molar-refractivity contribution in [3.63, 3.8) is 0 Å². The molecule has 0 radical (unpaired) electrons. The lowest BCUT2D eigenvalue weighted by atomic mass is 10.3. The summed E-state index contributed by atoms with van der Waals surface area (Å²) in [6, 6.07) is 2.42. The molecular formula is C10H16ClN3O2. The van der Waals surface area contributed by atoms with Crippen molar-refractivity contribution in [1.29, 1.82) is 0 Å². The highest BCUT2D eigenvalue weighted by atomic mass is 35.5. The Bertz CT molecular complexity index is 415. The maximum atomic E-state index is 11.3. The third kappa shape index (κ3) is 3.67. The molecule has 3 N–H and O–H groups in total. The average Bonchev–Trinajstić information content (AvgIpc) is 2.20. The van der Waals surface area contributed by atoms with Crippen LogP contribution in [0.3, 0.4) is 0 Å². The van der Waals surface area contributed by atoms with Crippen LogP contribution in [0.1, 0.15) is 13.8 Å². The molecule has 0 saturated carbocycles. The quantitative estimate of drug-likeness (QED) is 0.818. The zero-order valence-corrected chi connectivity index (χ0v) is 10.1. The molecule has 0 fully saturated rings. The minimum Gasteiger partial charge on any atom is -0.323 e. The normalized spacial score (nSPS) is 11.4. The van der Waals surface area contributed by atoms with Crippen molar-refractivity contribution in [2.45, 2.75) is 26.4 Å². The predicted octanol–water partition coefficient (Wildman–Crippen LogP) is 0.576. The molecule has 0 aliphatic rings. The van der Waals surface area contributed by atoms with Crippen molar-refractivity contribution in [3.05, 3.63) is 28.7 Å². The zero-order chi connectivity index (χ0) is 11.4. The van der Waals surface area contributed by atoms with Gasteiger partial charge in [-0.15, -0.1) is 12.4 Å². The maximum Gasteiger partial charge on any atom is 0.250 e. The molecule has 0 spiro atoms. The van der Waals surface area contributed by atoms with E-state index in [9.17, 15) is 9.59 Å². The number of anilines is 1. The average molecular weight is 246 g/mol. The summed E-state index contributed by atoms with van der Waals surface area (Å²) in [5, 5.41) is 2.62. The molecule has 0 unspecified atom stereocenters. The van der Waals surface area contributed by atoms with Crippen LogP contribution in [0.2, 0.25) is 0 Å². The first-order valence-electron chi connectivity index (χ1n) is 4.81. The second kappa shape index (κ2) is 6.30. The molecule has 0 aliphatic heterocycles. The van der Waals surface area contributed by atoms with E-state index in [-0.39, 0.29) is 23.9 Å². The topological polar surface area (TPSA) is 77.1 Å². The fourth-order valence-electron chi connectivity index (χ4n) is 1.11. The van der Waals surface area contributed by atoms with Gasteiger partial charge >= 0.3 is 0 Å². The van der Waals surface area contributed by atoms with Gasteiger partial charge in [0.1, 0.15) is 0 Å². The van der Waals surface area contributed by atoms with Gasteiger partial charge in [-0.05, 0) is 19.9 Å². The highest BCUT2D eigenvalue weighted by Crippen LogP contribution is 2.03. The number of aryl methyl sites for hydroxylation is 1. The lowest BCUT2D eigenvalue weighted by molar-refractivity contribution is -0.117. The van der Waals surface area contributed by atoms with E-state index in [1.54, 1.807) is 19.2 Å². The number of carbonyl (C=O) groups excluding carboxylic acids is 1. The van der Waals surface area contributed by atoms with Crippen molar-refractivity contribution in [3.8, 4) is 0 Å². The Balaban J connectivity index is 0.00000225. The van der Waals surface area contributed by atoms with Gasteiger partial charge in [0.15, 0.2) is 0 Å². The fraction of sp³-hybridized carbons (Fsp3) is 0.400. The first-order valence-corrected chi connectivity index (χ1v) is 4.81. The maximum absolute atomic E-state index is 11.3. The molecule has 1 aromatic rings. The minimum absolute atomic E-state index is 0. The van der Waals surface area contributed by atoms with E-state index in [0.717, 1.165) is 0 Å². The number of carbonyl (C=O) groups is 1. The number of aromatic nitrogens is 1. The van der Waals surface area contributed by atoms with E-state index in [4.69, 9.17) is 5.73 Å². The molecule has 0 saturated heterocycles. The third-order valence-corrected chi connectivity index (χ3v) is 2.01. The summed E-state index contributed by atoms with van der Waals surface area (Å²) in [5.41, 5.74) is 5.90. The molecule has 0 aromatic carbocycles. The number of nitrogens with two attached hydrogens (primary N) is 1. The number of pyridine rings is 1. The smallest absolute Gasteiger partial charge is 0.250 e. The van der Waals surface area contributed by atoms with Crippen LogP contribution in [0.5, 0.6) is 0 Å². The fourth-order valence-corrected chi connectivity index (χ4v) is 1.11. The van der Waals surface area contributed by atoms with Crippen molar-refractivity contribution in [2.24, 2.45) is 5.73 Å². The first kappa shape index (κ1) is 14.7. The molecule has 0 bridgehead atoms. The van der Waals surface area contributed by atoms with Crippen molar-refractivity contribution >= 4 is 24.0 Å². The molecule has 6 heteroatoms. The van der Waals surface area contributed by atoms with Gasteiger partial charge in [-0.25, -0.2) is 0 Å². The van der Waals surface area contributed by atoms with E-state index in [2.05, 4.69) is 5.32 Å². The summed E-state index contributed by atoms with van der Waals surface area (Å²) in [6.45, 7) is 4.03. The Labute approximate surface area is 100 Å². The summed E-state index contributed by atoms with van der Waals surface area (Å²) < 4.78 is 1.51. The van der Waals surface area contributed by atoms with Crippen LogP contribution in [0, 0.1) is 0 Å². The van der Waals surface area contributed by atoms with Gasteiger partial charge in [0.05, 0.1) is 11.7 Å². The largest absolute Gasteiger partial charge is 0.323 e. The zero-order valence-electron chi connectivity index (χ0n) is 9.27. The van der Waals surface area contributed by atoms with Crippen LogP contribution < -0.4 is 16.6 Å². The van der Waals surface area contributed by atoms with Gasteiger partial charge in [0.25, 0.3) is 5.56 Å². The summed E-state index contributed by atoms with van der Waals surface area (Å²) in [6.07, 6.45) is 1.60. The first-order chi connectivity index (χ1) is 7.04. The molecule has 1 amide bonds. The van der Waals surface area contributed by atoms with Crippen LogP contribution in [0.4, 0.5) is 5.69 Å². The Kier molecular flexibility index (Phi) is 5.77. The standard InChI is InChI=1S/C10H15N3O2.ClH/c1-3-13-6-8(4-5-9(13)14)12-10(15)7(2)11;/h4-7H,3,11H2,1-2H3,(H,12,15);1H/t7-;/m1./s1. The van der Waals surface area contributed by atoms with E-state index >= 15 is 0 Å². The SMILES string of the molecule is CCn1cc(NC(=O)[C@@H](C)N)ccc1=O.Cl. The van der Waals surface area contributed by atoms with Gasteiger partial charge in [0, 0.05) is 18.8 Å². The number of halogens is 1. The number of hydrogen-bond donors (Lipinski definition) is 2. The van der Waals surface area contributed by atoms with Crippen LogP contribution in [-0.4, -0.2) is 16.5 Å². The molecule has 1 heterocycles. The summed E-state index contributed by atoms with van der Waals surface area (Å²) >= 11 is 0. The molecule has 0 aliphatic carbocycles. The van der Waals surface area contributed by atoms with Crippen molar-refractivity contribution < 1.29 is 4.79 Å². The summed E-state index contributed by atoms with van der Waals surface area (Å²) in [5.74, 6) is -0.267. The lowest BCUT2D eigenvalue weighted by Crippen LogP contribution is -2.33. The van der Waals surface area contributed by atoms with Gasteiger partial charge in [-0.2, -0.15) is 0 Å². The van der Waals surface area contributed by atoms with E-state index in [1.165, 1.54) is 10.6 Å². The van der Waals surface area contributed by atoms with Crippen LogP contribution in [-0.2, 0) is 11.3 Å². The van der Waals surface area contributed by atoms with Crippen molar-refractivity contribution in [1.82, 2.24) is 4.57 Å². The summed E-state index contributed by atoms with van der Waals surface area (Å²) in [7, 11) is 0. The number of nitrogens with one attached hydrogen (secondary N) is 1. The Hall–Kier alpha value is -1.33. The van der Waals surface area contributed by atoms with Crippen LogP contribution in [0.25, 0.3) is 0 Å². The second-order valence-electron chi connectivity index (χ2n) is 3.32. The highest BCUT2D eigenvalue weighted by molar-refractivity contribution is 5.94. The molecular weight excluding hydrogens is 230 g/mol. The number of nitrogens with zero attached hydrogens (tertiary/aromatic N) is 1. The Morgan fingerprint density at radius 1 is 1.56 bits per heavy atom. The van der Waals surface area contributed by atoms with Crippen molar-refractivity contribution in [2.75, 3.05) is 5.32 Å². The Morgan fingerprint density at radius 2 is 2.19 bits per heavy atom. The predicted molar refractivity (Wildman–Crippen MR) is 65.9 cm³/mol. The van der Waals surface area contributed by atoms with Gasteiger partial charge in [-0.1, -0.05) is 0 Å². The number of hydrogen-bond acceptors (Lipinski definition) is 3.